The Bertz CT molecular complexity index is 1150. The number of carbonyl (C=O) groups is 1. The van der Waals surface area contributed by atoms with E-state index in [0.717, 1.165) is 4.88 Å². The van der Waals surface area contributed by atoms with Crippen molar-refractivity contribution >= 4 is 33.6 Å². The van der Waals surface area contributed by atoms with Gasteiger partial charge < -0.3 is 4.74 Å². The Morgan fingerprint density at radius 3 is 2.85 bits per heavy atom. The third kappa shape index (κ3) is 3.14. The molecule has 0 radical (unpaired) electrons. The fourth-order valence-electron chi connectivity index (χ4n) is 2.27. The number of halogens is 1. The summed E-state index contributed by atoms with van der Waals surface area (Å²) < 4.78 is 19.9. The molecule has 26 heavy (non-hydrogen) atoms. The Hall–Kier alpha value is -2.91. The highest BCUT2D eigenvalue weighted by Crippen LogP contribution is 2.28. The largest absolute Gasteiger partial charge is 0.455 e. The second-order valence-electron chi connectivity index (χ2n) is 5.22. The van der Waals surface area contributed by atoms with Crippen LogP contribution in [0, 0.1) is 5.82 Å². The molecule has 0 spiro atoms. The lowest BCUT2D eigenvalue weighted by molar-refractivity contribution is 0.0462. The molecule has 0 saturated carbocycles. The van der Waals surface area contributed by atoms with Crippen molar-refractivity contribution in [3.05, 3.63) is 75.3 Å². The summed E-state index contributed by atoms with van der Waals surface area (Å²) >= 11 is 2.78. The first kappa shape index (κ1) is 16.6. The van der Waals surface area contributed by atoms with Crippen molar-refractivity contribution in [3.63, 3.8) is 0 Å². The lowest BCUT2D eigenvalue weighted by Crippen LogP contribution is -2.16. The number of nitrogens with zero attached hydrogens (tertiary/aromatic N) is 3. The van der Waals surface area contributed by atoms with E-state index in [9.17, 15) is 14.0 Å². The number of esters is 1. The van der Waals surface area contributed by atoms with Crippen LogP contribution in [0.25, 0.3) is 14.8 Å². The zero-order chi connectivity index (χ0) is 18.1. The summed E-state index contributed by atoms with van der Waals surface area (Å²) in [5, 5.41) is 6.87. The standard InChI is InChI=1S/C17H10FN3O3S2/c18-12-5-2-1-4-11(12)16(23)24-9-10-8-14(22)21-17(19-10)26-15(20-21)13-6-3-7-25-13/h1-8H,9H2. The first-order chi connectivity index (χ1) is 12.6. The predicted molar refractivity (Wildman–Crippen MR) is 96.0 cm³/mol. The maximum atomic E-state index is 13.6. The van der Waals surface area contributed by atoms with Crippen molar-refractivity contribution in [2.24, 2.45) is 0 Å². The molecule has 0 aliphatic rings. The van der Waals surface area contributed by atoms with Crippen LogP contribution >= 0.6 is 22.7 Å². The van der Waals surface area contributed by atoms with Gasteiger partial charge in [-0.2, -0.15) is 9.61 Å². The molecular weight excluding hydrogens is 377 g/mol. The van der Waals surface area contributed by atoms with Crippen LogP contribution in [-0.4, -0.2) is 20.6 Å². The lowest BCUT2D eigenvalue weighted by Gasteiger charge is -2.05. The van der Waals surface area contributed by atoms with Crippen molar-refractivity contribution in [1.82, 2.24) is 14.6 Å². The molecule has 9 heteroatoms. The molecule has 3 aromatic heterocycles. The van der Waals surface area contributed by atoms with Crippen LogP contribution in [0.2, 0.25) is 0 Å². The molecule has 0 N–H and O–H groups in total. The Morgan fingerprint density at radius 2 is 2.08 bits per heavy atom. The smallest absolute Gasteiger partial charge is 0.341 e. The Morgan fingerprint density at radius 1 is 1.23 bits per heavy atom. The normalized spacial score (nSPS) is 11.0. The maximum absolute atomic E-state index is 13.6. The molecule has 4 aromatic rings. The summed E-state index contributed by atoms with van der Waals surface area (Å²) in [5.41, 5.74) is -0.255. The van der Waals surface area contributed by atoms with Crippen molar-refractivity contribution in [3.8, 4) is 9.88 Å². The molecule has 1 aromatic carbocycles. The van der Waals surface area contributed by atoms with Gasteiger partial charge in [-0.1, -0.05) is 29.5 Å². The third-order valence-corrected chi connectivity index (χ3v) is 5.42. The van der Waals surface area contributed by atoms with E-state index in [1.165, 1.54) is 51.5 Å². The number of thiophene rings is 1. The van der Waals surface area contributed by atoms with Crippen molar-refractivity contribution in [2.75, 3.05) is 0 Å². The lowest BCUT2D eigenvalue weighted by atomic mass is 10.2. The SMILES string of the molecule is O=C(OCc1cc(=O)n2nc(-c3cccs3)sc2n1)c1ccccc1F. The van der Waals surface area contributed by atoms with Gasteiger partial charge in [0.15, 0.2) is 5.01 Å². The van der Waals surface area contributed by atoms with E-state index in [1.54, 1.807) is 6.07 Å². The second-order valence-corrected chi connectivity index (χ2v) is 7.12. The highest BCUT2D eigenvalue weighted by molar-refractivity contribution is 7.23. The number of rotatable bonds is 4. The Labute approximate surface area is 154 Å². The number of hydrogen-bond donors (Lipinski definition) is 0. The Balaban J connectivity index is 1.58. The van der Waals surface area contributed by atoms with Crippen LogP contribution in [0.15, 0.2) is 52.6 Å². The van der Waals surface area contributed by atoms with Gasteiger partial charge in [0.05, 0.1) is 16.1 Å². The highest BCUT2D eigenvalue weighted by atomic mass is 32.1. The van der Waals surface area contributed by atoms with Crippen LogP contribution in [0.4, 0.5) is 4.39 Å². The van der Waals surface area contributed by atoms with Gasteiger partial charge in [-0.25, -0.2) is 14.2 Å². The minimum Gasteiger partial charge on any atom is -0.455 e. The van der Waals surface area contributed by atoms with Crippen molar-refractivity contribution in [2.45, 2.75) is 6.61 Å². The van der Waals surface area contributed by atoms with Crippen LogP contribution in [0.5, 0.6) is 0 Å². The zero-order valence-corrected chi connectivity index (χ0v) is 14.7. The van der Waals surface area contributed by atoms with Gasteiger partial charge in [0, 0.05) is 6.07 Å². The number of fused-ring (bicyclic) bond motifs is 1. The van der Waals surface area contributed by atoms with Crippen LogP contribution in [0.3, 0.4) is 0 Å². The van der Waals surface area contributed by atoms with E-state index in [4.69, 9.17) is 4.74 Å². The molecule has 0 bridgehead atoms. The average molecular weight is 387 g/mol. The minimum absolute atomic E-state index is 0.164. The van der Waals surface area contributed by atoms with Gasteiger partial charge in [0.25, 0.3) is 5.56 Å². The van der Waals surface area contributed by atoms with Crippen molar-refractivity contribution < 1.29 is 13.9 Å². The number of hydrogen-bond acceptors (Lipinski definition) is 7. The van der Waals surface area contributed by atoms with E-state index in [-0.39, 0.29) is 23.4 Å². The summed E-state index contributed by atoms with van der Waals surface area (Å²) in [4.78, 5) is 29.8. The summed E-state index contributed by atoms with van der Waals surface area (Å²) in [6.45, 7) is -0.231. The van der Waals surface area contributed by atoms with E-state index in [2.05, 4.69) is 10.1 Å². The number of aromatic nitrogens is 3. The van der Waals surface area contributed by atoms with Crippen LogP contribution in [-0.2, 0) is 11.3 Å². The summed E-state index contributed by atoms with van der Waals surface area (Å²) in [6.07, 6.45) is 0. The van der Waals surface area contributed by atoms with Crippen LogP contribution < -0.4 is 5.56 Å². The molecule has 0 unspecified atom stereocenters. The molecule has 130 valence electrons. The molecule has 0 atom stereocenters. The number of carbonyl (C=O) groups excluding carboxylic acids is 1. The molecule has 6 nitrogen and oxygen atoms in total. The predicted octanol–water partition coefficient (Wildman–Crippen LogP) is 3.38. The third-order valence-electron chi connectivity index (χ3n) is 3.47. The van der Waals surface area contributed by atoms with E-state index < -0.39 is 11.8 Å². The monoisotopic (exact) mass is 387 g/mol. The first-order valence-electron chi connectivity index (χ1n) is 7.47. The number of ether oxygens (including phenoxy) is 1. The molecule has 0 aliphatic heterocycles. The zero-order valence-electron chi connectivity index (χ0n) is 13.1. The fourth-order valence-corrected chi connectivity index (χ4v) is 3.99. The quantitative estimate of drug-likeness (QED) is 0.502. The van der Waals surface area contributed by atoms with Gasteiger partial charge >= 0.3 is 5.97 Å². The highest BCUT2D eigenvalue weighted by Gasteiger charge is 2.15. The first-order valence-corrected chi connectivity index (χ1v) is 9.17. The van der Waals surface area contributed by atoms with E-state index in [0.29, 0.717) is 9.97 Å². The second kappa shape index (κ2) is 6.77. The molecule has 3 heterocycles. The minimum atomic E-state index is -0.811. The summed E-state index contributed by atoms with van der Waals surface area (Å²) in [7, 11) is 0. The fraction of sp³-hybridized carbons (Fsp3) is 0.0588. The maximum Gasteiger partial charge on any atom is 0.341 e. The molecule has 0 aliphatic carbocycles. The summed E-state index contributed by atoms with van der Waals surface area (Å²) in [6, 6.07) is 10.6. The van der Waals surface area contributed by atoms with Gasteiger partial charge in [0.2, 0.25) is 4.96 Å². The molecule has 0 saturated heterocycles. The van der Waals surface area contributed by atoms with Crippen molar-refractivity contribution in [1.29, 1.82) is 0 Å². The van der Waals surface area contributed by atoms with Gasteiger partial charge in [-0.3, -0.25) is 4.79 Å². The van der Waals surface area contributed by atoms with Gasteiger partial charge in [-0.15, -0.1) is 11.3 Å². The van der Waals surface area contributed by atoms with Crippen LogP contribution in [0.1, 0.15) is 16.1 Å². The Kier molecular flexibility index (Phi) is 4.31. The van der Waals surface area contributed by atoms with Gasteiger partial charge in [0.1, 0.15) is 12.4 Å². The molecule has 0 amide bonds. The number of benzene rings is 1. The average Bonchev–Trinajstić information content (AvgIpc) is 3.29. The molecule has 0 fully saturated rings. The van der Waals surface area contributed by atoms with Gasteiger partial charge in [-0.05, 0) is 23.6 Å². The van der Waals surface area contributed by atoms with E-state index >= 15 is 0 Å². The molecule has 4 rings (SSSR count). The molecular formula is C17H10FN3O3S2. The topological polar surface area (TPSA) is 73.6 Å². The summed E-state index contributed by atoms with van der Waals surface area (Å²) in [5.74, 6) is -1.47. The van der Waals surface area contributed by atoms with E-state index in [1.807, 2.05) is 17.5 Å².